The smallest absolute Gasteiger partial charge is 0.252 e. The average molecular weight is 942 g/mol. The fourth-order valence-corrected chi connectivity index (χ4v) is 14.5. The molecule has 0 atom stereocenters. The number of nitrogens with zero attached hydrogens (tertiary/aromatic N) is 3. The zero-order chi connectivity index (χ0) is 48.9. The Bertz CT molecular complexity index is 3670. The molecule has 3 heterocycles. The van der Waals surface area contributed by atoms with Crippen molar-refractivity contribution in [2.75, 3.05) is 14.7 Å². The second kappa shape index (κ2) is 15.5. The van der Waals surface area contributed by atoms with Gasteiger partial charge in [-0.05, 0) is 190 Å². The van der Waals surface area contributed by atoms with Crippen molar-refractivity contribution in [3.63, 3.8) is 0 Å². The van der Waals surface area contributed by atoms with Crippen molar-refractivity contribution in [1.29, 1.82) is 0 Å². The minimum Gasteiger partial charge on any atom is -0.311 e. The lowest BCUT2D eigenvalue weighted by Gasteiger charge is -2.48. The predicted molar refractivity (Wildman–Crippen MR) is 308 cm³/mol. The Kier molecular flexibility index (Phi) is 9.67. The number of fused-ring (bicyclic) bond motifs is 9. The number of para-hydroxylation sites is 2. The number of hydrogen-bond acceptors (Lipinski definition) is 4. The lowest BCUT2D eigenvalue weighted by Crippen LogP contribution is -2.62. The lowest BCUT2D eigenvalue weighted by atomic mass is 9.33. The maximum Gasteiger partial charge on any atom is 0.252 e. The maximum atomic E-state index is 2.70. The van der Waals surface area contributed by atoms with Crippen molar-refractivity contribution in [2.24, 2.45) is 0 Å². The standard InChI is InChI=1S/C66H64BN3S/c1-41-35-57-62-58(36-41)70(54-24-18-26-60-61(54)46-22-15-17-25-59(46)71-60)55-38-45(68(43-20-12-11-13-21-43)53-23-16-14-19-42(53)2)28-30-51(55)67(62)52-39-49-50(66(9,10)34-33-65(49,7)8)40-56(52)69(57)44-27-29-47-48(37-44)64(5,6)32-31-63(47,3)4/h11-30,35-40H,31-34H2,1-10H3. The average Bonchev–Trinajstić information content (AvgIpc) is 3.74. The first-order valence-corrected chi connectivity index (χ1v) is 26.9. The summed E-state index contributed by atoms with van der Waals surface area (Å²) in [5.74, 6) is 0. The molecular formula is C66H64BN3S. The Labute approximate surface area is 425 Å². The zero-order valence-electron chi connectivity index (χ0n) is 43.2. The van der Waals surface area contributed by atoms with Crippen LogP contribution in [0.1, 0.15) is 114 Å². The minimum absolute atomic E-state index is 0.00616. The summed E-state index contributed by atoms with van der Waals surface area (Å²) in [5.41, 5.74) is 23.9. The van der Waals surface area contributed by atoms with Gasteiger partial charge in [-0.15, -0.1) is 11.3 Å². The number of thiophene rings is 1. The van der Waals surface area contributed by atoms with Gasteiger partial charge in [0.25, 0.3) is 6.71 Å². The van der Waals surface area contributed by atoms with Gasteiger partial charge < -0.3 is 14.7 Å². The molecule has 1 aromatic heterocycles. The van der Waals surface area contributed by atoms with E-state index in [0.29, 0.717) is 0 Å². The van der Waals surface area contributed by atoms with Gasteiger partial charge in [0.2, 0.25) is 0 Å². The molecule has 13 rings (SSSR count). The van der Waals surface area contributed by atoms with Crippen LogP contribution >= 0.6 is 11.3 Å². The molecule has 71 heavy (non-hydrogen) atoms. The predicted octanol–water partition coefficient (Wildman–Crippen LogP) is 16.9. The fraction of sp³-hybridized carbons (Fsp3) is 0.273. The van der Waals surface area contributed by atoms with Crippen LogP contribution in [0, 0.1) is 13.8 Å². The van der Waals surface area contributed by atoms with Gasteiger partial charge in [-0.3, -0.25) is 0 Å². The molecule has 0 unspecified atom stereocenters. The molecule has 8 aromatic carbocycles. The van der Waals surface area contributed by atoms with E-state index in [1.54, 1.807) is 0 Å². The van der Waals surface area contributed by atoms with Crippen molar-refractivity contribution in [3.8, 4) is 0 Å². The van der Waals surface area contributed by atoms with E-state index < -0.39 is 0 Å². The molecule has 0 bridgehead atoms. The molecule has 3 nitrogen and oxygen atoms in total. The summed E-state index contributed by atoms with van der Waals surface area (Å²) < 4.78 is 2.62. The summed E-state index contributed by atoms with van der Waals surface area (Å²) in [6.07, 6.45) is 4.70. The summed E-state index contributed by atoms with van der Waals surface area (Å²) in [6.45, 7) is 24.3. The Morgan fingerprint density at radius 3 is 1.79 bits per heavy atom. The minimum atomic E-state index is -0.00616. The second-order valence-corrected chi connectivity index (χ2v) is 25.1. The summed E-state index contributed by atoms with van der Waals surface area (Å²) in [6, 6.07) is 61.0. The normalized spacial score (nSPS) is 17.6. The second-order valence-electron chi connectivity index (χ2n) is 24.0. The van der Waals surface area contributed by atoms with Gasteiger partial charge in [0.1, 0.15) is 0 Å². The quantitative estimate of drug-likeness (QED) is 0.159. The van der Waals surface area contributed by atoms with Crippen molar-refractivity contribution >= 4 is 106 Å². The Morgan fingerprint density at radius 2 is 1.06 bits per heavy atom. The molecule has 0 amide bonds. The SMILES string of the molecule is Cc1cc2c3c(c1)N(c1cccc4sc5ccccc5c14)c1cc(N(c4ccccc4)c4ccccc4C)ccc1B3c1cc3c(cc1N2c1ccc2c(c1)C(C)(C)CCC2(C)C)C(C)(C)CCC3(C)C. The van der Waals surface area contributed by atoms with Crippen molar-refractivity contribution < 1.29 is 0 Å². The van der Waals surface area contributed by atoms with Gasteiger partial charge in [0, 0.05) is 65.7 Å². The third kappa shape index (κ3) is 6.67. The van der Waals surface area contributed by atoms with Crippen molar-refractivity contribution in [2.45, 2.75) is 117 Å². The molecule has 9 aromatic rings. The van der Waals surface area contributed by atoms with Crippen LogP contribution in [-0.2, 0) is 21.7 Å². The monoisotopic (exact) mass is 941 g/mol. The van der Waals surface area contributed by atoms with Crippen LogP contribution in [-0.4, -0.2) is 6.71 Å². The topological polar surface area (TPSA) is 9.72 Å². The summed E-state index contributed by atoms with van der Waals surface area (Å²) in [5, 5.41) is 2.61. The number of benzene rings is 8. The molecule has 4 aliphatic rings. The molecule has 0 radical (unpaired) electrons. The number of hydrogen-bond donors (Lipinski definition) is 0. The molecular weight excluding hydrogens is 878 g/mol. The maximum absolute atomic E-state index is 2.70. The zero-order valence-corrected chi connectivity index (χ0v) is 44.0. The van der Waals surface area contributed by atoms with Crippen LogP contribution < -0.4 is 31.1 Å². The lowest BCUT2D eigenvalue weighted by molar-refractivity contribution is 0.332. The van der Waals surface area contributed by atoms with Crippen LogP contribution in [0.3, 0.4) is 0 Å². The van der Waals surface area contributed by atoms with Gasteiger partial charge in [0.05, 0.1) is 5.69 Å². The van der Waals surface area contributed by atoms with E-state index in [-0.39, 0.29) is 28.4 Å². The van der Waals surface area contributed by atoms with E-state index in [2.05, 4.69) is 242 Å². The number of aryl methyl sites for hydroxylation is 2. The molecule has 2 aliphatic carbocycles. The van der Waals surface area contributed by atoms with Crippen LogP contribution in [0.15, 0.2) is 158 Å². The first-order valence-electron chi connectivity index (χ1n) is 26.0. The van der Waals surface area contributed by atoms with Crippen LogP contribution in [0.25, 0.3) is 20.2 Å². The third-order valence-electron chi connectivity index (χ3n) is 17.5. The third-order valence-corrected chi connectivity index (χ3v) is 18.7. The van der Waals surface area contributed by atoms with Crippen LogP contribution in [0.4, 0.5) is 51.2 Å². The highest BCUT2D eigenvalue weighted by Crippen LogP contribution is 2.54. The largest absolute Gasteiger partial charge is 0.311 e. The molecule has 0 N–H and O–H groups in total. The highest BCUT2D eigenvalue weighted by molar-refractivity contribution is 7.26. The number of anilines is 9. The van der Waals surface area contributed by atoms with E-state index >= 15 is 0 Å². The summed E-state index contributed by atoms with van der Waals surface area (Å²) >= 11 is 1.90. The fourth-order valence-electron chi connectivity index (χ4n) is 13.3. The molecule has 5 heteroatoms. The summed E-state index contributed by atoms with van der Waals surface area (Å²) in [7, 11) is 0. The molecule has 2 aliphatic heterocycles. The Hall–Kier alpha value is -6.56. The van der Waals surface area contributed by atoms with E-state index in [1.165, 1.54) is 129 Å². The van der Waals surface area contributed by atoms with Crippen molar-refractivity contribution in [3.05, 3.63) is 191 Å². The van der Waals surface area contributed by atoms with E-state index in [0.717, 1.165) is 17.8 Å². The molecule has 0 fully saturated rings. The molecule has 352 valence electrons. The van der Waals surface area contributed by atoms with E-state index in [9.17, 15) is 0 Å². The summed E-state index contributed by atoms with van der Waals surface area (Å²) in [4.78, 5) is 7.82. The molecule has 0 saturated carbocycles. The van der Waals surface area contributed by atoms with Crippen molar-refractivity contribution in [1.82, 2.24) is 0 Å². The number of rotatable bonds is 5. The van der Waals surface area contributed by atoms with E-state index in [4.69, 9.17) is 0 Å². The Balaban J connectivity index is 1.15. The molecule has 0 spiro atoms. The van der Waals surface area contributed by atoms with Gasteiger partial charge in [-0.1, -0.05) is 134 Å². The van der Waals surface area contributed by atoms with Gasteiger partial charge >= 0.3 is 0 Å². The highest BCUT2D eigenvalue weighted by atomic mass is 32.1. The first-order chi connectivity index (χ1) is 34.0. The van der Waals surface area contributed by atoms with Crippen LogP contribution in [0.5, 0.6) is 0 Å². The highest BCUT2D eigenvalue weighted by Gasteiger charge is 2.47. The Morgan fingerprint density at radius 1 is 0.451 bits per heavy atom. The van der Waals surface area contributed by atoms with E-state index in [1.807, 2.05) is 11.3 Å². The van der Waals surface area contributed by atoms with Gasteiger partial charge in [0.15, 0.2) is 0 Å². The van der Waals surface area contributed by atoms with Gasteiger partial charge in [-0.25, -0.2) is 0 Å². The van der Waals surface area contributed by atoms with Crippen LogP contribution in [0.2, 0.25) is 0 Å². The first kappa shape index (κ1) is 44.4. The van der Waals surface area contributed by atoms with Gasteiger partial charge in [-0.2, -0.15) is 0 Å². The molecule has 0 saturated heterocycles.